The van der Waals surface area contributed by atoms with E-state index in [1.165, 1.54) is 31.4 Å². The summed E-state index contributed by atoms with van der Waals surface area (Å²) in [5, 5.41) is 20.1. The Labute approximate surface area is 193 Å². The number of anilines is 2. The fourth-order valence-electron chi connectivity index (χ4n) is 4.23. The van der Waals surface area contributed by atoms with Crippen molar-refractivity contribution in [2.45, 2.75) is 42.4 Å². The van der Waals surface area contributed by atoms with Crippen LogP contribution in [-0.4, -0.2) is 42.0 Å². The van der Waals surface area contributed by atoms with Gasteiger partial charge in [-0.2, -0.15) is 13.2 Å². The molecule has 2 aromatic rings. The zero-order chi connectivity index (χ0) is 23.8. The highest BCUT2D eigenvalue weighted by molar-refractivity contribution is 8.00. The highest BCUT2D eigenvalue weighted by Gasteiger charge is 2.45. The molecule has 0 amide bonds. The fraction of sp³-hybridized carbons (Fsp3) is 0.435. The predicted molar refractivity (Wildman–Crippen MR) is 120 cm³/mol. The van der Waals surface area contributed by atoms with Gasteiger partial charge in [-0.15, -0.1) is 0 Å². The van der Waals surface area contributed by atoms with E-state index < -0.39 is 23.3 Å². The van der Waals surface area contributed by atoms with Gasteiger partial charge in [-0.3, -0.25) is 0 Å². The molecule has 1 aliphatic heterocycles. The molecule has 0 bridgehead atoms. The molecular formula is C23H25F3N2O4S. The van der Waals surface area contributed by atoms with Crippen LogP contribution in [0, 0.1) is 5.92 Å². The maximum Gasteiger partial charge on any atom is 0.416 e. The van der Waals surface area contributed by atoms with Crippen LogP contribution in [0.4, 0.5) is 24.5 Å². The van der Waals surface area contributed by atoms with Crippen LogP contribution in [-0.2, 0) is 6.18 Å². The minimum atomic E-state index is -4.51. The van der Waals surface area contributed by atoms with Crippen molar-refractivity contribution < 1.29 is 32.9 Å². The van der Waals surface area contributed by atoms with Gasteiger partial charge in [0.25, 0.3) is 0 Å². The average molecular weight is 483 g/mol. The highest BCUT2D eigenvalue weighted by Crippen LogP contribution is 2.46. The first-order valence-electron chi connectivity index (χ1n) is 10.6. The van der Waals surface area contributed by atoms with Crippen molar-refractivity contribution in [3.05, 3.63) is 47.5 Å². The molecule has 2 aromatic carbocycles. The van der Waals surface area contributed by atoms with Gasteiger partial charge >= 0.3 is 12.1 Å². The average Bonchev–Trinajstić information content (AvgIpc) is 3.63. The zero-order valence-electron chi connectivity index (χ0n) is 18.0. The van der Waals surface area contributed by atoms with E-state index in [0.29, 0.717) is 48.2 Å². The molecular weight excluding hydrogens is 457 g/mol. The molecule has 6 nitrogen and oxygen atoms in total. The van der Waals surface area contributed by atoms with Crippen LogP contribution in [0.2, 0.25) is 0 Å². The normalized spacial score (nSPS) is 18.2. The molecule has 0 radical (unpaired) electrons. The minimum Gasteiger partial charge on any atom is -0.496 e. The lowest BCUT2D eigenvalue weighted by Gasteiger charge is -2.40. The van der Waals surface area contributed by atoms with Crippen molar-refractivity contribution in [3.8, 4) is 5.75 Å². The van der Waals surface area contributed by atoms with Crippen LogP contribution < -0.4 is 14.4 Å². The Morgan fingerprint density at radius 3 is 2.45 bits per heavy atom. The second-order valence-corrected chi connectivity index (χ2v) is 9.32. The maximum absolute atomic E-state index is 13.4. The summed E-state index contributed by atoms with van der Waals surface area (Å²) in [7, 11) is 1.43. The summed E-state index contributed by atoms with van der Waals surface area (Å²) >= 11 is 0.987. The molecule has 10 heteroatoms. The summed E-state index contributed by atoms with van der Waals surface area (Å²) in [4.78, 5) is 13.7. The lowest BCUT2D eigenvalue weighted by molar-refractivity contribution is -0.137. The molecule has 0 aromatic heterocycles. The van der Waals surface area contributed by atoms with Gasteiger partial charge < -0.3 is 24.6 Å². The Bertz CT molecular complexity index is 1030. The van der Waals surface area contributed by atoms with Crippen LogP contribution in [0.25, 0.3) is 0 Å². The number of hydrogen-bond donors (Lipinski definition) is 3. The Hall–Kier alpha value is -2.59. The van der Waals surface area contributed by atoms with E-state index in [0.717, 1.165) is 36.9 Å². The van der Waals surface area contributed by atoms with Gasteiger partial charge in [-0.1, -0.05) is 0 Å². The van der Waals surface area contributed by atoms with Gasteiger partial charge in [0.05, 0.1) is 40.1 Å². The molecule has 1 saturated heterocycles. The third-order valence-electron chi connectivity index (χ3n) is 6.31. The number of nitrogens with zero attached hydrogens (tertiary/aromatic N) is 1. The number of aromatic carboxylic acids is 1. The number of methoxy groups -OCH3 is 1. The number of nitrogens with one attached hydrogen (secondary N) is 1. The van der Waals surface area contributed by atoms with E-state index in [1.807, 2.05) is 4.90 Å². The SMILES string of the molecule is COc1ccc(C(=O)O)cc1SNc1cc(C(F)(F)F)ccc1N1CCC(O)(C2CC2)CC1. The summed E-state index contributed by atoms with van der Waals surface area (Å²) in [5.41, 5.74) is -0.571. The van der Waals surface area contributed by atoms with Crippen LogP contribution >= 0.6 is 11.9 Å². The fourth-order valence-corrected chi connectivity index (χ4v) is 5.05. The van der Waals surface area contributed by atoms with Crippen molar-refractivity contribution in [2.75, 3.05) is 29.8 Å². The molecule has 33 heavy (non-hydrogen) atoms. The van der Waals surface area contributed by atoms with E-state index in [4.69, 9.17) is 4.74 Å². The van der Waals surface area contributed by atoms with Crippen LogP contribution in [0.5, 0.6) is 5.75 Å². The zero-order valence-corrected chi connectivity index (χ0v) is 18.8. The molecule has 0 atom stereocenters. The van der Waals surface area contributed by atoms with E-state index in [2.05, 4.69) is 4.72 Å². The Balaban J connectivity index is 1.60. The lowest BCUT2D eigenvalue weighted by atomic mass is 9.86. The number of benzene rings is 2. The summed E-state index contributed by atoms with van der Waals surface area (Å²) in [6.07, 6.45) is -1.32. The van der Waals surface area contributed by atoms with E-state index in [-0.39, 0.29) is 11.3 Å². The summed E-state index contributed by atoms with van der Waals surface area (Å²) < 4.78 is 48.4. The first kappa shape index (κ1) is 23.6. The first-order chi connectivity index (χ1) is 15.6. The van der Waals surface area contributed by atoms with Crippen molar-refractivity contribution in [1.82, 2.24) is 0 Å². The predicted octanol–water partition coefficient (Wildman–Crippen LogP) is 5.27. The van der Waals surface area contributed by atoms with E-state index in [9.17, 15) is 28.2 Å². The quantitative estimate of drug-likeness (QED) is 0.464. The Morgan fingerprint density at radius 2 is 1.88 bits per heavy atom. The number of aliphatic hydroxyl groups is 1. The van der Waals surface area contributed by atoms with E-state index in [1.54, 1.807) is 0 Å². The lowest BCUT2D eigenvalue weighted by Crippen LogP contribution is -2.46. The van der Waals surface area contributed by atoms with E-state index >= 15 is 0 Å². The number of ether oxygens (including phenoxy) is 1. The molecule has 1 aliphatic carbocycles. The summed E-state index contributed by atoms with van der Waals surface area (Å²) in [6, 6.07) is 7.86. The number of piperidine rings is 1. The van der Waals surface area contributed by atoms with Gasteiger partial charge in [0.2, 0.25) is 0 Å². The molecule has 1 saturated carbocycles. The number of carbonyl (C=O) groups is 1. The van der Waals surface area contributed by atoms with Crippen molar-refractivity contribution in [3.63, 3.8) is 0 Å². The number of halogens is 3. The number of carboxylic acids is 1. The van der Waals surface area contributed by atoms with Crippen LogP contribution in [0.3, 0.4) is 0 Å². The molecule has 4 rings (SSSR count). The minimum absolute atomic E-state index is 0.0414. The molecule has 0 unspecified atom stereocenters. The van der Waals surface area contributed by atoms with Crippen LogP contribution in [0.15, 0.2) is 41.3 Å². The second-order valence-electron chi connectivity index (χ2n) is 8.47. The van der Waals surface area contributed by atoms with Gasteiger partial charge in [0.15, 0.2) is 0 Å². The molecule has 0 spiro atoms. The molecule has 3 N–H and O–H groups in total. The molecule has 178 valence electrons. The Kier molecular flexibility index (Phi) is 6.41. The number of rotatable bonds is 7. The molecule has 2 fully saturated rings. The van der Waals surface area contributed by atoms with Gasteiger partial charge in [0.1, 0.15) is 5.75 Å². The standard InChI is InChI=1S/C23H25F3N2O4S/c1-32-19-7-2-14(21(29)30)12-20(19)33-27-17-13-16(23(24,25)26)5-6-18(17)28-10-8-22(31,9-11-28)15-3-4-15/h2,5-7,12-13,15,27,31H,3-4,8-11H2,1H3,(H,29,30). The smallest absolute Gasteiger partial charge is 0.416 e. The topological polar surface area (TPSA) is 82.0 Å². The van der Waals surface area contributed by atoms with Gasteiger partial charge in [-0.05, 0) is 79.9 Å². The Morgan fingerprint density at radius 1 is 1.18 bits per heavy atom. The number of carboxylic acid groups (broad SMARTS) is 1. The monoisotopic (exact) mass is 482 g/mol. The van der Waals surface area contributed by atoms with Crippen molar-refractivity contribution in [1.29, 1.82) is 0 Å². The number of alkyl halides is 3. The first-order valence-corrected chi connectivity index (χ1v) is 11.4. The van der Waals surface area contributed by atoms with Crippen molar-refractivity contribution in [2.24, 2.45) is 5.92 Å². The maximum atomic E-state index is 13.4. The third-order valence-corrected chi connectivity index (χ3v) is 7.17. The van der Waals surface area contributed by atoms with Gasteiger partial charge in [0, 0.05) is 13.1 Å². The molecule has 2 aliphatic rings. The number of hydrogen-bond acceptors (Lipinski definition) is 6. The van der Waals surface area contributed by atoms with Gasteiger partial charge in [-0.25, -0.2) is 4.79 Å². The van der Waals surface area contributed by atoms with Crippen molar-refractivity contribution >= 4 is 29.3 Å². The molecule has 1 heterocycles. The summed E-state index contributed by atoms with van der Waals surface area (Å²) in [6.45, 7) is 1.07. The second kappa shape index (κ2) is 8.98. The third kappa shape index (κ3) is 5.16. The largest absolute Gasteiger partial charge is 0.496 e. The summed E-state index contributed by atoms with van der Waals surface area (Å²) in [5.74, 6) is -0.386. The van der Waals surface area contributed by atoms with Crippen LogP contribution in [0.1, 0.15) is 41.6 Å². The highest BCUT2D eigenvalue weighted by atomic mass is 32.2.